The summed E-state index contributed by atoms with van der Waals surface area (Å²) in [4.78, 5) is 4.22. The summed E-state index contributed by atoms with van der Waals surface area (Å²) in [7, 11) is 0. The van der Waals surface area contributed by atoms with E-state index < -0.39 is 0 Å². The lowest BCUT2D eigenvalue weighted by Crippen LogP contribution is -1.98. The number of rotatable bonds is 6. The van der Waals surface area contributed by atoms with Crippen LogP contribution in [0, 0.1) is 11.3 Å². The average molecular weight is 257 g/mol. The predicted octanol–water partition coefficient (Wildman–Crippen LogP) is 2.67. The van der Waals surface area contributed by atoms with Crippen LogP contribution in [-0.4, -0.2) is 10.1 Å². The van der Waals surface area contributed by atoms with E-state index >= 15 is 0 Å². The van der Waals surface area contributed by atoms with Crippen molar-refractivity contribution < 1.29 is 9.26 Å². The van der Waals surface area contributed by atoms with Gasteiger partial charge in [0.1, 0.15) is 5.75 Å². The summed E-state index contributed by atoms with van der Waals surface area (Å²) in [5.41, 5.74) is 0.972. The molecule has 0 aliphatic rings. The maximum atomic E-state index is 8.58. The summed E-state index contributed by atoms with van der Waals surface area (Å²) in [6.07, 6.45) is 2.17. The van der Waals surface area contributed by atoms with Crippen LogP contribution in [0.4, 0.5) is 0 Å². The predicted molar refractivity (Wildman–Crippen MR) is 68.4 cm³/mol. The van der Waals surface area contributed by atoms with E-state index in [0.717, 1.165) is 24.2 Å². The molecule has 0 aliphatic carbocycles. The zero-order valence-electron chi connectivity index (χ0n) is 10.8. The van der Waals surface area contributed by atoms with E-state index in [4.69, 9.17) is 14.5 Å². The molecule has 98 valence electrons. The Morgan fingerprint density at radius 1 is 1.32 bits per heavy atom. The minimum Gasteiger partial charge on any atom is -0.485 e. The van der Waals surface area contributed by atoms with Gasteiger partial charge >= 0.3 is 0 Å². The second-order valence-electron chi connectivity index (χ2n) is 4.12. The van der Waals surface area contributed by atoms with Crippen molar-refractivity contribution in [1.82, 2.24) is 10.1 Å². The summed E-state index contributed by atoms with van der Waals surface area (Å²) in [6, 6.07) is 9.51. The SMILES string of the molecule is CCCc1nc(COc2ccc(CC#N)cc2)no1. The largest absolute Gasteiger partial charge is 0.485 e. The molecule has 1 aromatic carbocycles. The van der Waals surface area contributed by atoms with Crippen LogP contribution in [0.5, 0.6) is 5.75 Å². The first-order valence-corrected chi connectivity index (χ1v) is 6.22. The molecule has 0 spiro atoms. The maximum absolute atomic E-state index is 8.58. The Labute approximate surface area is 111 Å². The highest BCUT2D eigenvalue weighted by Gasteiger charge is 2.05. The zero-order valence-corrected chi connectivity index (χ0v) is 10.8. The molecular formula is C14H15N3O2. The standard InChI is InChI=1S/C14H15N3O2/c1-2-3-14-16-13(17-19-14)10-18-12-6-4-11(5-7-12)8-9-15/h4-7H,2-3,8,10H2,1H3. The van der Waals surface area contributed by atoms with Gasteiger partial charge in [-0.15, -0.1) is 0 Å². The molecule has 5 heteroatoms. The highest BCUT2D eigenvalue weighted by Crippen LogP contribution is 2.14. The molecule has 0 amide bonds. The van der Waals surface area contributed by atoms with Gasteiger partial charge in [0.25, 0.3) is 0 Å². The Bertz CT molecular complexity index is 555. The molecule has 0 aliphatic heterocycles. The van der Waals surface area contributed by atoms with Crippen LogP contribution in [0.25, 0.3) is 0 Å². The molecule has 1 aromatic heterocycles. The summed E-state index contributed by atoms with van der Waals surface area (Å²) in [5.74, 6) is 1.92. The third-order valence-electron chi connectivity index (χ3n) is 2.55. The Morgan fingerprint density at radius 2 is 2.11 bits per heavy atom. The van der Waals surface area contributed by atoms with Gasteiger partial charge in [-0.1, -0.05) is 24.2 Å². The molecule has 0 bridgehead atoms. The van der Waals surface area contributed by atoms with Crippen LogP contribution in [0.15, 0.2) is 28.8 Å². The Balaban J connectivity index is 1.89. The van der Waals surface area contributed by atoms with E-state index in [1.807, 2.05) is 24.3 Å². The monoisotopic (exact) mass is 257 g/mol. The van der Waals surface area contributed by atoms with Crippen LogP contribution >= 0.6 is 0 Å². The lowest BCUT2D eigenvalue weighted by atomic mass is 10.2. The second kappa shape index (κ2) is 6.55. The van der Waals surface area contributed by atoms with Crippen LogP contribution in [0.3, 0.4) is 0 Å². The molecule has 0 fully saturated rings. The lowest BCUT2D eigenvalue weighted by Gasteiger charge is -2.03. The van der Waals surface area contributed by atoms with Crippen molar-refractivity contribution in [3.05, 3.63) is 41.5 Å². The minimum absolute atomic E-state index is 0.283. The fourth-order valence-corrected chi connectivity index (χ4v) is 1.61. The van der Waals surface area contributed by atoms with Gasteiger partial charge in [0.2, 0.25) is 11.7 Å². The summed E-state index contributed by atoms with van der Waals surface area (Å²) >= 11 is 0. The summed E-state index contributed by atoms with van der Waals surface area (Å²) in [5, 5.41) is 12.4. The first kappa shape index (κ1) is 13.1. The van der Waals surface area contributed by atoms with E-state index in [2.05, 4.69) is 23.1 Å². The number of ether oxygens (including phenoxy) is 1. The first-order chi connectivity index (χ1) is 9.31. The van der Waals surface area contributed by atoms with Gasteiger partial charge in [-0.05, 0) is 24.1 Å². The number of aryl methyl sites for hydroxylation is 1. The maximum Gasteiger partial charge on any atom is 0.226 e. The Morgan fingerprint density at radius 3 is 2.79 bits per heavy atom. The Hall–Kier alpha value is -2.35. The number of aromatic nitrogens is 2. The van der Waals surface area contributed by atoms with E-state index in [-0.39, 0.29) is 6.61 Å². The normalized spacial score (nSPS) is 10.1. The molecule has 0 saturated heterocycles. The van der Waals surface area contributed by atoms with E-state index in [0.29, 0.717) is 18.1 Å². The topological polar surface area (TPSA) is 71.9 Å². The summed E-state index contributed by atoms with van der Waals surface area (Å²) < 4.78 is 10.6. The van der Waals surface area contributed by atoms with Crippen molar-refractivity contribution in [3.8, 4) is 11.8 Å². The van der Waals surface area contributed by atoms with E-state index in [1.165, 1.54) is 0 Å². The van der Waals surface area contributed by atoms with Crippen molar-refractivity contribution in [3.63, 3.8) is 0 Å². The van der Waals surface area contributed by atoms with Gasteiger partial charge in [-0.3, -0.25) is 0 Å². The number of nitriles is 1. The number of hydrogen-bond acceptors (Lipinski definition) is 5. The average Bonchev–Trinajstić information content (AvgIpc) is 2.87. The number of hydrogen-bond donors (Lipinski definition) is 0. The molecule has 0 atom stereocenters. The zero-order chi connectivity index (χ0) is 13.5. The molecule has 2 aromatic rings. The lowest BCUT2D eigenvalue weighted by molar-refractivity contribution is 0.285. The van der Waals surface area contributed by atoms with Crippen LogP contribution in [0.1, 0.15) is 30.6 Å². The van der Waals surface area contributed by atoms with E-state index in [1.54, 1.807) is 0 Å². The van der Waals surface area contributed by atoms with Crippen LogP contribution in [-0.2, 0) is 19.4 Å². The Kier molecular flexibility index (Phi) is 4.51. The first-order valence-electron chi connectivity index (χ1n) is 6.22. The summed E-state index contributed by atoms with van der Waals surface area (Å²) in [6.45, 7) is 2.34. The molecule has 19 heavy (non-hydrogen) atoms. The van der Waals surface area contributed by atoms with Gasteiger partial charge in [0.05, 0.1) is 12.5 Å². The van der Waals surface area contributed by atoms with Crippen molar-refractivity contribution >= 4 is 0 Å². The number of nitrogens with zero attached hydrogens (tertiary/aromatic N) is 3. The third-order valence-corrected chi connectivity index (χ3v) is 2.55. The molecular weight excluding hydrogens is 242 g/mol. The fourth-order valence-electron chi connectivity index (χ4n) is 1.61. The van der Waals surface area contributed by atoms with Crippen molar-refractivity contribution in [1.29, 1.82) is 5.26 Å². The van der Waals surface area contributed by atoms with E-state index in [9.17, 15) is 0 Å². The highest BCUT2D eigenvalue weighted by molar-refractivity contribution is 5.28. The highest BCUT2D eigenvalue weighted by atomic mass is 16.5. The van der Waals surface area contributed by atoms with Crippen LogP contribution < -0.4 is 4.74 Å². The molecule has 0 N–H and O–H groups in total. The van der Waals surface area contributed by atoms with Gasteiger partial charge in [0.15, 0.2) is 6.61 Å². The molecule has 5 nitrogen and oxygen atoms in total. The van der Waals surface area contributed by atoms with Crippen molar-refractivity contribution in [2.45, 2.75) is 32.8 Å². The molecule has 0 unspecified atom stereocenters. The molecule has 1 heterocycles. The molecule has 2 rings (SSSR count). The third kappa shape index (κ3) is 3.81. The quantitative estimate of drug-likeness (QED) is 0.795. The van der Waals surface area contributed by atoms with Gasteiger partial charge in [-0.2, -0.15) is 10.2 Å². The van der Waals surface area contributed by atoms with Crippen molar-refractivity contribution in [2.75, 3.05) is 0 Å². The van der Waals surface area contributed by atoms with Crippen LogP contribution in [0.2, 0.25) is 0 Å². The number of benzene rings is 1. The van der Waals surface area contributed by atoms with Gasteiger partial charge in [0, 0.05) is 6.42 Å². The minimum atomic E-state index is 0.283. The van der Waals surface area contributed by atoms with Crippen molar-refractivity contribution in [2.24, 2.45) is 0 Å². The molecule has 0 radical (unpaired) electrons. The van der Waals surface area contributed by atoms with Gasteiger partial charge in [-0.25, -0.2) is 0 Å². The molecule has 0 saturated carbocycles. The van der Waals surface area contributed by atoms with Gasteiger partial charge < -0.3 is 9.26 Å². The second-order valence-corrected chi connectivity index (χ2v) is 4.12. The smallest absolute Gasteiger partial charge is 0.226 e. The fraction of sp³-hybridized carbons (Fsp3) is 0.357.